The Morgan fingerprint density at radius 3 is 2.38 bits per heavy atom. The number of alkyl halides is 1. The summed E-state index contributed by atoms with van der Waals surface area (Å²) in [7, 11) is -3.76. The van der Waals surface area contributed by atoms with Crippen LogP contribution in [0.25, 0.3) is 0 Å². The van der Waals surface area contributed by atoms with Crippen LogP contribution >= 0.6 is 50.7 Å². The van der Waals surface area contributed by atoms with Gasteiger partial charge in [-0.3, -0.25) is 0 Å². The van der Waals surface area contributed by atoms with Crippen LogP contribution in [-0.2, 0) is 10.0 Å². The van der Waals surface area contributed by atoms with Crippen LogP contribution < -0.4 is 0 Å². The van der Waals surface area contributed by atoms with Gasteiger partial charge in [0.15, 0.2) is 0 Å². The van der Waals surface area contributed by atoms with Gasteiger partial charge in [-0.2, -0.15) is 4.31 Å². The number of halogens is 4. The molecule has 0 saturated carbocycles. The van der Waals surface area contributed by atoms with Crippen LogP contribution in [0.1, 0.15) is 25.7 Å². The molecule has 8 heteroatoms. The van der Waals surface area contributed by atoms with Crippen molar-refractivity contribution in [1.82, 2.24) is 4.31 Å². The van der Waals surface area contributed by atoms with Crippen LogP contribution in [0, 0.1) is 0 Å². The van der Waals surface area contributed by atoms with Crippen LogP contribution in [0.3, 0.4) is 0 Å². The number of benzene rings is 1. The molecule has 0 radical (unpaired) electrons. The maximum absolute atomic E-state index is 12.9. The number of hydrogen-bond acceptors (Lipinski definition) is 2. The maximum atomic E-state index is 12.9. The predicted molar refractivity (Wildman–Crippen MR) is 91.0 cm³/mol. The first-order chi connectivity index (χ1) is 9.87. The van der Waals surface area contributed by atoms with E-state index < -0.39 is 10.0 Å². The Labute approximate surface area is 148 Å². The van der Waals surface area contributed by atoms with E-state index in [4.69, 9.17) is 34.8 Å². The Bertz CT molecular complexity index is 601. The summed E-state index contributed by atoms with van der Waals surface area (Å²) < 4.78 is 28.0. The molecule has 0 bridgehead atoms. The first kappa shape index (κ1) is 17.8. The zero-order chi connectivity index (χ0) is 15.6. The fourth-order valence-electron chi connectivity index (χ4n) is 2.51. The molecule has 1 aromatic rings. The van der Waals surface area contributed by atoms with Gasteiger partial charge in [-0.15, -0.1) is 11.6 Å². The highest BCUT2D eigenvalue weighted by atomic mass is 79.9. The molecule has 1 fully saturated rings. The van der Waals surface area contributed by atoms with Crippen LogP contribution in [0.2, 0.25) is 10.0 Å². The van der Waals surface area contributed by atoms with Gasteiger partial charge in [0.05, 0.1) is 10.0 Å². The van der Waals surface area contributed by atoms with E-state index in [1.165, 1.54) is 16.4 Å². The van der Waals surface area contributed by atoms with Crippen molar-refractivity contribution in [3.63, 3.8) is 0 Å². The number of nitrogens with zero attached hydrogens (tertiary/aromatic N) is 1. The van der Waals surface area contributed by atoms with Crippen LogP contribution in [-0.4, -0.2) is 31.2 Å². The quantitative estimate of drug-likeness (QED) is 0.632. The van der Waals surface area contributed by atoms with E-state index in [9.17, 15) is 8.42 Å². The molecule has 1 atom stereocenters. The summed E-state index contributed by atoms with van der Waals surface area (Å²) in [5.41, 5.74) is 0. The van der Waals surface area contributed by atoms with Gasteiger partial charge in [0, 0.05) is 22.9 Å². The first-order valence-corrected chi connectivity index (χ1v) is 10.1. The molecule has 118 valence electrons. The van der Waals surface area contributed by atoms with Gasteiger partial charge in [0.1, 0.15) is 4.90 Å². The van der Waals surface area contributed by atoms with Gasteiger partial charge in [0.25, 0.3) is 0 Å². The topological polar surface area (TPSA) is 37.4 Å². The highest BCUT2D eigenvalue weighted by Crippen LogP contribution is 2.36. The van der Waals surface area contributed by atoms with Gasteiger partial charge in [-0.1, -0.05) is 52.0 Å². The first-order valence-electron chi connectivity index (χ1n) is 6.60. The van der Waals surface area contributed by atoms with Crippen molar-refractivity contribution in [3.8, 4) is 0 Å². The Morgan fingerprint density at radius 1 is 1.19 bits per heavy atom. The Kier molecular flexibility index (Phi) is 6.25. The molecule has 1 aromatic carbocycles. The third kappa shape index (κ3) is 3.88. The molecule has 1 heterocycles. The molecule has 0 amide bonds. The minimum absolute atomic E-state index is 0.0361. The van der Waals surface area contributed by atoms with Crippen molar-refractivity contribution >= 4 is 60.8 Å². The molecule has 0 N–H and O–H groups in total. The second-order valence-corrected chi connectivity index (χ2v) is 8.84. The molecule has 0 spiro atoms. The normalized spacial score (nSPS) is 21.2. The van der Waals surface area contributed by atoms with Gasteiger partial charge in [-0.05, 0) is 25.0 Å². The predicted octanol–water partition coefficient (Wildman–Crippen LogP) is 4.93. The van der Waals surface area contributed by atoms with Crippen LogP contribution in [0.5, 0.6) is 0 Å². The molecular weight excluding hydrogens is 420 g/mol. The van der Waals surface area contributed by atoms with Crippen molar-refractivity contribution in [2.24, 2.45) is 0 Å². The molecule has 0 aliphatic carbocycles. The van der Waals surface area contributed by atoms with E-state index >= 15 is 0 Å². The average Bonchev–Trinajstić information content (AvgIpc) is 2.62. The number of sulfonamides is 1. The molecular formula is C13H15BrCl3NO2S. The molecule has 1 aliphatic rings. The Balaban J connectivity index is 2.50. The minimum Gasteiger partial charge on any atom is -0.207 e. The standard InChI is InChI=1S/C13H15BrCl3NO2S/c14-9-6-11(16)13(12(17)7-9)21(19,20)18-5-3-1-2-4-10(18)8-15/h6-7,10H,1-5,8H2. The molecule has 2 rings (SSSR count). The van der Waals surface area contributed by atoms with E-state index in [2.05, 4.69) is 15.9 Å². The lowest BCUT2D eigenvalue weighted by Gasteiger charge is -2.28. The summed E-state index contributed by atoms with van der Waals surface area (Å²) in [6.07, 6.45) is 3.55. The third-order valence-electron chi connectivity index (χ3n) is 3.53. The van der Waals surface area contributed by atoms with Gasteiger partial charge < -0.3 is 0 Å². The van der Waals surface area contributed by atoms with E-state index in [1.54, 1.807) is 0 Å². The number of rotatable bonds is 3. The summed E-state index contributed by atoms with van der Waals surface area (Å²) >= 11 is 21.4. The molecule has 1 unspecified atom stereocenters. The van der Waals surface area contributed by atoms with Crippen molar-refractivity contribution in [2.45, 2.75) is 36.6 Å². The molecule has 1 aliphatic heterocycles. The lowest BCUT2D eigenvalue weighted by Crippen LogP contribution is -2.41. The lowest BCUT2D eigenvalue weighted by molar-refractivity contribution is 0.345. The monoisotopic (exact) mass is 433 g/mol. The SMILES string of the molecule is O=S(=O)(c1c(Cl)cc(Br)cc1Cl)N1CCCCCC1CCl. The van der Waals surface area contributed by atoms with Crippen LogP contribution in [0.4, 0.5) is 0 Å². The molecule has 0 aromatic heterocycles. The maximum Gasteiger partial charge on any atom is 0.246 e. The number of hydrogen-bond donors (Lipinski definition) is 0. The summed E-state index contributed by atoms with van der Waals surface area (Å²) in [6.45, 7) is 0.447. The summed E-state index contributed by atoms with van der Waals surface area (Å²) in [5, 5.41) is 0.235. The third-order valence-corrected chi connectivity index (χ3v) is 7.22. The Hall–Kier alpha value is 0.480. The van der Waals surface area contributed by atoms with Gasteiger partial charge >= 0.3 is 0 Å². The fourth-order valence-corrected chi connectivity index (χ4v) is 6.50. The van der Waals surface area contributed by atoms with Crippen molar-refractivity contribution in [3.05, 3.63) is 26.7 Å². The summed E-state index contributed by atoms with van der Waals surface area (Å²) in [5.74, 6) is 0.269. The minimum atomic E-state index is -3.76. The molecule has 21 heavy (non-hydrogen) atoms. The second kappa shape index (κ2) is 7.37. The van der Waals surface area contributed by atoms with E-state index in [0.29, 0.717) is 11.0 Å². The van der Waals surface area contributed by atoms with E-state index in [-0.39, 0.29) is 26.9 Å². The zero-order valence-electron chi connectivity index (χ0n) is 11.2. The fraction of sp³-hybridized carbons (Fsp3) is 0.538. The second-order valence-electron chi connectivity index (χ2n) is 4.97. The highest BCUT2D eigenvalue weighted by molar-refractivity contribution is 9.10. The van der Waals surface area contributed by atoms with Crippen molar-refractivity contribution < 1.29 is 8.42 Å². The summed E-state index contributed by atoms with van der Waals surface area (Å²) in [6, 6.07) is 2.86. The largest absolute Gasteiger partial charge is 0.246 e. The van der Waals surface area contributed by atoms with Crippen molar-refractivity contribution in [2.75, 3.05) is 12.4 Å². The van der Waals surface area contributed by atoms with E-state index in [0.717, 1.165) is 25.7 Å². The van der Waals surface area contributed by atoms with Gasteiger partial charge in [0.2, 0.25) is 10.0 Å². The zero-order valence-corrected chi connectivity index (χ0v) is 15.8. The van der Waals surface area contributed by atoms with Crippen molar-refractivity contribution in [1.29, 1.82) is 0 Å². The van der Waals surface area contributed by atoms with Gasteiger partial charge in [-0.25, -0.2) is 8.42 Å². The lowest BCUT2D eigenvalue weighted by atomic mass is 10.1. The Morgan fingerprint density at radius 2 is 1.81 bits per heavy atom. The summed E-state index contributed by atoms with van der Waals surface area (Å²) in [4.78, 5) is -0.0361. The smallest absolute Gasteiger partial charge is 0.207 e. The molecule has 3 nitrogen and oxygen atoms in total. The average molecular weight is 436 g/mol. The molecule has 1 saturated heterocycles. The van der Waals surface area contributed by atoms with E-state index in [1.807, 2.05) is 0 Å². The van der Waals surface area contributed by atoms with Crippen LogP contribution in [0.15, 0.2) is 21.5 Å². The highest BCUT2D eigenvalue weighted by Gasteiger charge is 2.34.